The van der Waals surface area contributed by atoms with Crippen LogP contribution in [0.1, 0.15) is 34.0 Å². The first kappa shape index (κ1) is 17.0. The van der Waals surface area contributed by atoms with E-state index >= 15 is 0 Å². The zero-order valence-electron chi connectivity index (χ0n) is 14.6. The maximum absolute atomic E-state index is 12.5. The zero-order chi connectivity index (χ0) is 18.3. The van der Waals surface area contributed by atoms with Crippen molar-refractivity contribution in [1.29, 1.82) is 0 Å². The summed E-state index contributed by atoms with van der Waals surface area (Å²) in [6, 6.07) is 12.9. The minimum atomic E-state index is -0.175. The molecule has 1 amide bonds. The van der Waals surface area contributed by atoms with Gasteiger partial charge >= 0.3 is 0 Å². The Morgan fingerprint density at radius 3 is 2.77 bits per heavy atom. The van der Waals surface area contributed by atoms with Crippen molar-refractivity contribution in [3.63, 3.8) is 0 Å². The Bertz CT molecular complexity index is 937. The summed E-state index contributed by atoms with van der Waals surface area (Å²) in [6.45, 7) is 4.17. The van der Waals surface area contributed by atoms with E-state index in [1.807, 2.05) is 41.8 Å². The largest absolute Gasteiger partial charge is 0.348 e. The highest BCUT2D eigenvalue weighted by molar-refractivity contribution is 7.80. The molecule has 0 unspecified atom stereocenters. The summed E-state index contributed by atoms with van der Waals surface area (Å²) in [4.78, 5) is 26.6. The van der Waals surface area contributed by atoms with Crippen LogP contribution in [0.15, 0.2) is 47.3 Å². The SMILES string of the molecule is Cc1cccc(C(=O)NC(=S)N2C[C@@H]3C[C@H](C2)c2cccc(=O)n2C3)c1. The van der Waals surface area contributed by atoms with Crippen molar-refractivity contribution in [2.75, 3.05) is 13.1 Å². The van der Waals surface area contributed by atoms with Gasteiger partial charge < -0.3 is 9.47 Å². The maximum Gasteiger partial charge on any atom is 0.257 e. The molecule has 2 aromatic rings. The normalized spacial score (nSPS) is 21.0. The Kier molecular flexibility index (Phi) is 4.36. The van der Waals surface area contributed by atoms with Crippen molar-refractivity contribution >= 4 is 23.2 Å². The second-order valence-electron chi connectivity index (χ2n) is 7.23. The summed E-state index contributed by atoms with van der Waals surface area (Å²) in [5.74, 6) is 0.464. The fourth-order valence-electron chi connectivity index (χ4n) is 4.10. The van der Waals surface area contributed by atoms with Crippen molar-refractivity contribution in [3.8, 4) is 0 Å². The number of rotatable bonds is 1. The lowest BCUT2D eigenvalue weighted by molar-refractivity contribution is 0.0968. The summed E-state index contributed by atoms with van der Waals surface area (Å²) in [6.07, 6.45) is 1.06. The first-order valence-corrected chi connectivity index (χ1v) is 9.29. The minimum absolute atomic E-state index is 0.0703. The topological polar surface area (TPSA) is 54.3 Å². The lowest BCUT2D eigenvalue weighted by atomic mass is 9.83. The molecule has 1 N–H and O–H groups in total. The Morgan fingerprint density at radius 2 is 1.96 bits per heavy atom. The van der Waals surface area contributed by atoms with Gasteiger partial charge in [0.1, 0.15) is 0 Å². The number of benzene rings is 1. The molecule has 1 saturated heterocycles. The van der Waals surface area contributed by atoms with E-state index in [0.29, 0.717) is 16.6 Å². The maximum atomic E-state index is 12.5. The van der Waals surface area contributed by atoms with Crippen molar-refractivity contribution in [3.05, 3.63) is 69.6 Å². The lowest BCUT2D eigenvalue weighted by Gasteiger charge is -2.43. The van der Waals surface area contributed by atoms with Gasteiger partial charge in [0.2, 0.25) is 0 Å². The van der Waals surface area contributed by atoms with Crippen LogP contribution >= 0.6 is 12.2 Å². The van der Waals surface area contributed by atoms with Gasteiger partial charge in [-0.05, 0) is 49.7 Å². The molecule has 4 rings (SSSR count). The van der Waals surface area contributed by atoms with Crippen LogP contribution in [0.2, 0.25) is 0 Å². The van der Waals surface area contributed by atoms with Gasteiger partial charge in [-0.1, -0.05) is 23.8 Å². The van der Waals surface area contributed by atoms with Gasteiger partial charge in [-0.25, -0.2) is 0 Å². The van der Waals surface area contributed by atoms with Crippen molar-refractivity contribution in [2.24, 2.45) is 5.92 Å². The summed E-state index contributed by atoms with van der Waals surface area (Å²) >= 11 is 5.51. The van der Waals surface area contributed by atoms with E-state index in [9.17, 15) is 9.59 Å². The van der Waals surface area contributed by atoms with Crippen LogP contribution in [0.4, 0.5) is 0 Å². The van der Waals surface area contributed by atoms with Gasteiger partial charge in [-0.2, -0.15) is 0 Å². The van der Waals surface area contributed by atoms with Crippen LogP contribution in [-0.2, 0) is 6.54 Å². The predicted octanol–water partition coefficient (Wildman–Crippen LogP) is 2.29. The molecule has 2 aliphatic heterocycles. The molecule has 1 fully saturated rings. The predicted molar refractivity (Wildman–Crippen MR) is 104 cm³/mol. The number of hydrogen-bond donors (Lipinski definition) is 1. The molecule has 1 aromatic carbocycles. The fraction of sp³-hybridized carbons (Fsp3) is 0.350. The highest BCUT2D eigenvalue weighted by Crippen LogP contribution is 2.34. The number of carbonyl (C=O) groups excluding carboxylic acids is 1. The van der Waals surface area contributed by atoms with Gasteiger partial charge in [0.05, 0.1) is 0 Å². The zero-order valence-corrected chi connectivity index (χ0v) is 15.5. The quantitative estimate of drug-likeness (QED) is 0.786. The smallest absolute Gasteiger partial charge is 0.257 e. The number of piperidine rings is 1. The Labute approximate surface area is 157 Å². The summed E-state index contributed by atoms with van der Waals surface area (Å²) in [5.41, 5.74) is 2.80. The summed E-state index contributed by atoms with van der Waals surface area (Å²) < 4.78 is 1.89. The molecule has 2 bridgehead atoms. The Balaban J connectivity index is 1.49. The van der Waals surface area contributed by atoms with E-state index in [-0.39, 0.29) is 17.4 Å². The third-order valence-corrected chi connectivity index (χ3v) is 5.63. The molecule has 1 aromatic heterocycles. The van der Waals surface area contributed by atoms with Crippen LogP contribution in [0.5, 0.6) is 0 Å². The lowest BCUT2D eigenvalue weighted by Crippen LogP contribution is -2.52. The number of hydrogen-bond acceptors (Lipinski definition) is 3. The Morgan fingerprint density at radius 1 is 1.15 bits per heavy atom. The van der Waals surface area contributed by atoms with Crippen LogP contribution in [0, 0.1) is 12.8 Å². The molecule has 0 spiro atoms. The van der Waals surface area contributed by atoms with Crippen LogP contribution in [-0.4, -0.2) is 33.6 Å². The number of nitrogens with zero attached hydrogens (tertiary/aromatic N) is 2. The summed E-state index contributed by atoms with van der Waals surface area (Å²) in [7, 11) is 0. The number of aryl methyl sites for hydroxylation is 1. The molecule has 2 atom stereocenters. The van der Waals surface area contributed by atoms with Crippen LogP contribution in [0.25, 0.3) is 0 Å². The van der Waals surface area contributed by atoms with E-state index in [1.54, 1.807) is 12.1 Å². The Hall–Kier alpha value is -2.47. The van der Waals surface area contributed by atoms with E-state index in [4.69, 9.17) is 12.2 Å². The second-order valence-corrected chi connectivity index (χ2v) is 7.62. The van der Waals surface area contributed by atoms with Gasteiger partial charge in [-0.15, -0.1) is 0 Å². The second kappa shape index (κ2) is 6.68. The first-order chi connectivity index (χ1) is 12.5. The average Bonchev–Trinajstić information content (AvgIpc) is 2.62. The fourth-order valence-corrected chi connectivity index (χ4v) is 4.34. The molecule has 5 nitrogen and oxygen atoms in total. The standard InChI is InChI=1S/C20H21N3O2S/c1-13-4-2-5-15(8-13)19(25)21-20(26)22-10-14-9-16(12-22)17-6-3-7-18(24)23(17)11-14/h2-8,14,16H,9-12H2,1H3,(H,21,25,26)/t14-,16+/m0/s1. The molecule has 2 aliphatic rings. The van der Waals surface area contributed by atoms with Gasteiger partial charge in [0.25, 0.3) is 11.5 Å². The molecule has 26 heavy (non-hydrogen) atoms. The third kappa shape index (κ3) is 3.17. The highest BCUT2D eigenvalue weighted by Gasteiger charge is 2.35. The molecule has 6 heteroatoms. The van der Waals surface area contributed by atoms with E-state index in [0.717, 1.165) is 37.3 Å². The van der Waals surface area contributed by atoms with Gasteiger partial charge in [-0.3, -0.25) is 14.9 Å². The van der Waals surface area contributed by atoms with E-state index < -0.39 is 0 Å². The average molecular weight is 367 g/mol. The number of fused-ring (bicyclic) bond motifs is 4. The molecule has 0 radical (unpaired) electrons. The number of thiocarbonyl (C=S) groups is 1. The first-order valence-electron chi connectivity index (χ1n) is 8.88. The molecule has 134 valence electrons. The molecule has 3 heterocycles. The molecule has 0 aliphatic carbocycles. The third-order valence-electron chi connectivity index (χ3n) is 5.27. The van der Waals surface area contributed by atoms with Crippen LogP contribution in [0.3, 0.4) is 0 Å². The van der Waals surface area contributed by atoms with Crippen molar-refractivity contribution in [2.45, 2.75) is 25.8 Å². The van der Waals surface area contributed by atoms with Gasteiger partial charge in [0.15, 0.2) is 5.11 Å². The van der Waals surface area contributed by atoms with E-state index in [2.05, 4.69) is 10.2 Å². The number of likely N-dealkylation sites (tertiary alicyclic amines) is 1. The van der Waals surface area contributed by atoms with Crippen molar-refractivity contribution < 1.29 is 4.79 Å². The van der Waals surface area contributed by atoms with Crippen LogP contribution < -0.4 is 10.9 Å². The number of nitrogens with one attached hydrogen (secondary N) is 1. The molecular formula is C20H21N3O2S. The summed E-state index contributed by atoms with van der Waals surface area (Å²) in [5, 5.41) is 3.34. The molecular weight excluding hydrogens is 346 g/mol. The number of carbonyl (C=O) groups is 1. The highest BCUT2D eigenvalue weighted by atomic mass is 32.1. The van der Waals surface area contributed by atoms with E-state index in [1.165, 1.54) is 0 Å². The molecule has 0 saturated carbocycles. The monoisotopic (exact) mass is 367 g/mol. The van der Waals surface area contributed by atoms with Gasteiger partial charge in [0, 0.05) is 42.9 Å². The number of pyridine rings is 1. The van der Waals surface area contributed by atoms with Crippen molar-refractivity contribution in [1.82, 2.24) is 14.8 Å². The minimum Gasteiger partial charge on any atom is -0.348 e. The number of aromatic nitrogens is 1. The number of amides is 1.